The van der Waals surface area contributed by atoms with Gasteiger partial charge in [0.25, 0.3) is 0 Å². The number of hydrogen-bond donors (Lipinski definition) is 1. The molecule has 2 aliphatic heterocycles. The summed E-state index contributed by atoms with van der Waals surface area (Å²) < 4.78 is 0. The van der Waals surface area contributed by atoms with Gasteiger partial charge in [-0.3, -0.25) is 4.90 Å². The topological polar surface area (TPSA) is 98.5 Å². The molecule has 3 heterocycles. The van der Waals surface area contributed by atoms with Crippen molar-refractivity contribution in [3.63, 3.8) is 0 Å². The Morgan fingerprint density at radius 2 is 2.04 bits per heavy atom. The van der Waals surface area contributed by atoms with Gasteiger partial charge in [-0.2, -0.15) is 27.1 Å². The molecule has 5 atom stereocenters. The lowest BCUT2D eigenvalue weighted by Gasteiger charge is -2.50. The van der Waals surface area contributed by atoms with Gasteiger partial charge in [0.15, 0.2) is 5.41 Å². The predicted octanol–water partition coefficient (Wildman–Crippen LogP) is 3.06. The third-order valence-electron chi connectivity index (χ3n) is 6.25. The maximum Gasteiger partial charge on any atom is 0.189 e. The monoisotopic (exact) mass is 347 g/mol. The summed E-state index contributed by atoms with van der Waals surface area (Å²) in [5, 5.41) is 42.2. The van der Waals surface area contributed by atoms with Crippen LogP contribution in [0.4, 0.5) is 0 Å². The molecule has 0 radical (unpaired) electrons. The average Bonchev–Trinajstić information content (AvgIpc) is 3.21. The zero-order chi connectivity index (χ0) is 17.8. The van der Waals surface area contributed by atoms with Crippen LogP contribution in [0, 0.1) is 56.7 Å². The minimum Gasteiger partial charge on any atom is -0.305 e. The Kier molecular flexibility index (Phi) is 3.55. The summed E-state index contributed by atoms with van der Waals surface area (Å²) in [7, 11) is 2.09. The largest absolute Gasteiger partial charge is 0.305 e. The molecule has 0 amide bonds. The molecule has 2 fully saturated rings. The van der Waals surface area contributed by atoms with Crippen LogP contribution in [0.1, 0.15) is 24.3 Å². The number of likely N-dealkylation sites (N-methyl/N-ethyl adjacent to an activating group) is 1. The SMILES string of the molecule is CN1[C@@H]2C=C3C(C#N)C(=N)C(C#N)(C#N)[C@@H](c4ccsc4)[C@@H]3[C@H]1CC2. The van der Waals surface area contributed by atoms with Crippen molar-refractivity contribution in [2.45, 2.75) is 30.8 Å². The van der Waals surface area contributed by atoms with E-state index in [-0.39, 0.29) is 17.7 Å². The first-order valence-electron chi connectivity index (χ1n) is 8.35. The van der Waals surface area contributed by atoms with Gasteiger partial charge in [-0.25, -0.2) is 0 Å². The number of fused-ring (bicyclic) bond motifs is 4. The van der Waals surface area contributed by atoms with Crippen molar-refractivity contribution in [2.75, 3.05) is 7.05 Å². The van der Waals surface area contributed by atoms with E-state index in [2.05, 4.69) is 36.2 Å². The summed E-state index contributed by atoms with van der Waals surface area (Å²) >= 11 is 1.53. The zero-order valence-electron chi connectivity index (χ0n) is 13.8. The molecule has 1 unspecified atom stereocenters. The molecule has 1 aliphatic carbocycles. The first-order chi connectivity index (χ1) is 12.1. The molecule has 0 spiro atoms. The van der Waals surface area contributed by atoms with Crippen molar-refractivity contribution in [3.05, 3.63) is 34.0 Å². The Bertz CT molecular complexity index is 864. The van der Waals surface area contributed by atoms with Gasteiger partial charge in [0.2, 0.25) is 0 Å². The molecule has 3 aliphatic rings. The first-order valence-corrected chi connectivity index (χ1v) is 9.30. The van der Waals surface area contributed by atoms with Gasteiger partial charge in [-0.05, 0) is 47.9 Å². The highest BCUT2D eigenvalue weighted by Crippen LogP contribution is 2.57. The number of thiophene rings is 1. The van der Waals surface area contributed by atoms with Crippen molar-refractivity contribution < 1.29 is 0 Å². The standard InChI is InChI=1S/C19H17N5S/c1-24-12-2-3-15(24)16-13(6-12)14(7-20)18(23)19(9-21,10-22)17(16)11-4-5-25-8-11/h4-6,8,12,14-17,23H,2-3H2,1H3/t12-,14?,15+,16-,17-/m0/s1. The van der Waals surface area contributed by atoms with Gasteiger partial charge in [0.1, 0.15) is 5.92 Å². The molecule has 5 nitrogen and oxygen atoms in total. The molecular weight excluding hydrogens is 330 g/mol. The van der Waals surface area contributed by atoms with Gasteiger partial charge in [0.05, 0.1) is 23.9 Å². The Hall–Kier alpha value is -2.46. The smallest absolute Gasteiger partial charge is 0.189 e. The van der Waals surface area contributed by atoms with Crippen molar-refractivity contribution >= 4 is 17.0 Å². The minimum atomic E-state index is -1.58. The van der Waals surface area contributed by atoms with E-state index in [9.17, 15) is 15.8 Å². The maximum absolute atomic E-state index is 9.97. The molecule has 0 aromatic carbocycles. The molecule has 4 rings (SSSR count). The summed E-state index contributed by atoms with van der Waals surface area (Å²) in [6.07, 6.45) is 4.15. The molecule has 124 valence electrons. The van der Waals surface area contributed by atoms with Gasteiger partial charge < -0.3 is 5.41 Å². The van der Waals surface area contributed by atoms with Crippen molar-refractivity contribution in [2.24, 2.45) is 17.3 Å². The van der Waals surface area contributed by atoms with E-state index in [4.69, 9.17) is 5.41 Å². The van der Waals surface area contributed by atoms with Crippen molar-refractivity contribution in [3.8, 4) is 18.2 Å². The minimum absolute atomic E-state index is 0.0531. The molecule has 2 bridgehead atoms. The lowest BCUT2D eigenvalue weighted by Crippen LogP contribution is -2.55. The second kappa shape index (κ2) is 5.53. The van der Waals surface area contributed by atoms with Crippen molar-refractivity contribution in [1.29, 1.82) is 21.2 Å². The van der Waals surface area contributed by atoms with E-state index in [0.717, 1.165) is 24.0 Å². The summed E-state index contributed by atoms with van der Waals surface area (Å²) in [4.78, 5) is 2.32. The molecular formula is C19H17N5S. The third kappa shape index (κ3) is 1.91. The van der Waals surface area contributed by atoms with E-state index in [1.807, 2.05) is 16.8 Å². The average molecular weight is 347 g/mol. The molecule has 1 saturated carbocycles. The molecule has 1 saturated heterocycles. The molecule has 25 heavy (non-hydrogen) atoms. The summed E-state index contributed by atoms with van der Waals surface area (Å²) in [6.45, 7) is 0. The molecule has 1 aromatic heterocycles. The van der Waals surface area contributed by atoms with Crippen LogP contribution >= 0.6 is 11.3 Å². The van der Waals surface area contributed by atoms with Gasteiger partial charge >= 0.3 is 0 Å². The van der Waals surface area contributed by atoms with Crippen LogP contribution in [0.2, 0.25) is 0 Å². The van der Waals surface area contributed by atoms with Crippen LogP contribution < -0.4 is 0 Å². The van der Waals surface area contributed by atoms with Gasteiger partial charge in [-0.15, -0.1) is 0 Å². The highest BCUT2D eigenvalue weighted by Gasteiger charge is 2.61. The maximum atomic E-state index is 9.97. The Morgan fingerprint density at radius 1 is 1.28 bits per heavy atom. The van der Waals surface area contributed by atoms with Crippen LogP contribution in [0.25, 0.3) is 0 Å². The number of rotatable bonds is 1. The normalized spacial score (nSPS) is 35.8. The lowest BCUT2D eigenvalue weighted by atomic mass is 9.53. The Labute approximate surface area is 150 Å². The fraction of sp³-hybridized carbons (Fsp3) is 0.474. The number of nitrogens with one attached hydrogen (secondary N) is 1. The van der Waals surface area contributed by atoms with Crippen LogP contribution in [-0.2, 0) is 0 Å². The Morgan fingerprint density at radius 3 is 2.64 bits per heavy atom. The van der Waals surface area contributed by atoms with E-state index in [1.165, 1.54) is 11.3 Å². The number of hydrogen-bond acceptors (Lipinski definition) is 6. The Balaban J connectivity index is 1.99. The quantitative estimate of drug-likeness (QED) is 0.789. The highest BCUT2D eigenvalue weighted by molar-refractivity contribution is 7.08. The molecule has 1 N–H and O–H groups in total. The van der Waals surface area contributed by atoms with Gasteiger partial charge in [0, 0.05) is 23.9 Å². The van der Waals surface area contributed by atoms with E-state index in [1.54, 1.807) is 0 Å². The molecule has 6 heteroatoms. The lowest BCUT2D eigenvalue weighted by molar-refractivity contribution is 0.157. The van der Waals surface area contributed by atoms with Crippen LogP contribution in [0.3, 0.4) is 0 Å². The van der Waals surface area contributed by atoms with E-state index in [0.29, 0.717) is 6.04 Å². The summed E-state index contributed by atoms with van der Waals surface area (Å²) in [5.74, 6) is -1.24. The fourth-order valence-electron chi connectivity index (χ4n) is 5.05. The number of nitrogens with zero attached hydrogens (tertiary/aromatic N) is 4. The third-order valence-corrected chi connectivity index (χ3v) is 6.95. The second-order valence-electron chi connectivity index (χ2n) is 7.11. The van der Waals surface area contributed by atoms with E-state index < -0.39 is 17.3 Å². The van der Waals surface area contributed by atoms with Crippen LogP contribution in [0.5, 0.6) is 0 Å². The fourth-order valence-corrected chi connectivity index (χ4v) is 5.75. The van der Waals surface area contributed by atoms with E-state index >= 15 is 0 Å². The number of nitriles is 3. The van der Waals surface area contributed by atoms with Crippen LogP contribution in [-0.4, -0.2) is 29.7 Å². The van der Waals surface area contributed by atoms with Crippen LogP contribution in [0.15, 0.2) is 28.5 Å². The van der Waals surface area contributed by atoms with Crippen molar-refractivity contribution in [1.82, 2.24) is 4.90 Å². The summed E-state index contributed by atoms with van der Waals surface area (Å²) in [6, 6.07) is 8.97. The zero-order valence-corrected chi connectivity index (χ0v) is 14.6. The predicted molar refractivity (Wildman–Crippen MR) is 93.7 cm³/mol. The second-order valence-corrected chi connectivity index (χ2v) is 7.89. The summed E-state index contributed by atoms with van der Waals surface area (Å²) in [5.41, 5.74) is 0.252. The first kappa shape index (κ1) is 16.0. The highest BCUT2D eigenvalue weighted by atomic mass is 32.1. The molecule has 1 aromatic rings. The van der Waals surface area contributed by atoms with Gasteiger partial charge in [-0.1, -0.05) is 6.08 Å².